The van der Waals surface area contributed by atoms with E-state index in [1.807, 2.05) is 13.8 Å². The summed E-state index contributed by atoms with van der Waals surface area (Å²) in [6.07, 6.45) is 2.33. The van der Waals surface area contributed by atoms with Gasteiger partial charge in [-0.2, -0.15) is 0 Å². The summed E-state index contributed by atoms with van der Waals surface area (Å²) in [6.45, 7) is 13.7. The molecular formula is C15H29N3O. The molecule has 1 amide bonds. The number of carbonyl (C=O) groups excluding carboxylic acids is 1. The van der Waals surface area contributed by atoms with Crippen molar-refractivity contribution in [1.29, 1.82) is 0 Å². The fourth-order valence-corrected chi connectivity index (χ4v) is 3.25. The van der Waals surface area contributed by atoms with Gasteiger partial charge < -0.3 is 10.2 Å². The molecule has 2 aliphatic heterocycles. The highest BCUT2D eigenvalue weighted by Crippen LogP contribution is 2.31. The van der Waals surface area contributed by atoms with Crippen LogP contribution in [0.3, 0.4) is 0 Å². The third-order valence-corrected chi connectivity index (χ3v) is 4.64. The quantitative estimate of drug-likeness (QED) is 0.819. The Morgan fingerprint density at radius 3 is 2.47 bits per heavy atom. The number of nitrogens with one attached hydrogen (secondary N) is 1. The highest BCUT2D eigenvalue weighted by Gasteiger charge is 2.39. The van der Waals surface area contributed by atoms with E-state index in [-0.39, 0.29) is 11.5 Å². The number of carbonyl (C=O) groups is 1. The van der Waals surface area contributed by atoms with Crippen molar-refractivity contribution in [2.75, 3.05) is 32.7 Å². The largest absolute Gasteiger partial charge is 0.336 e. The second-order valence-corrected chi connectivity index (χ2v) is 6.89. The average molecular weight is 267 g/mol. The third kappa shape index (κ3) is 3.29. The van der Waals surface area contributed by atoms with Crippen LogP contribution in [0.1, 0.15) is 40.5 Å². The van der Waals surface area contributed by atoms with Gasteiger partial charge in [0.2, 0.25) is 5.91 Å². The first kappa shape index (κ1) is 14.8. The Kier molecular flexibility index (Phi) is 4.51. The Balaban J connectivity index is 2.05. The van der Waals surface area contributed by atoms with E-state index in [1.54, 1.807) is 0 Å². The molecule has 1 atom stereocenters. The zero-order chi connectivity index (χ0) is 14.0. The first-order chi connectivity index (χ1) is 8.92. The van der Waals surface area contributed by atoms with Crippen molar-refractivity contribution in [2.24, 2.45) is 5.92 Å². The molecule has 0 aromatic carbocycles. The van der Waals surface area contributed by atoms with Gasteiger partial charge in [-0.05, 0) is 26.7 Å². The molecule has 4 nitrogen and oxygen atoms in total. The lowest BCUT2D eigenvalue weighted by Gasteiger charge is -2.49. The maximum absolute atomic E-state index is 12.4. The zero-order valence-corrected chi connectivity index (χ0v) is 12.9. The minimum Gasteiger partial charge on any atom is -0.336 e. The molecule has 110 valence electrons. The second kappa shape index (κ2) is 5.80. The maximum Gasteiger partial charge on any atom is 0.225 e. The standard InChI is InChI=1S/C15H29N3O/c1-12(2)14(19)18-11-13(5-6-15(18,3)4)17-9-7-16-8-10-17/h12-13,16H,5-11H2,1-4H3. The highest BCUT2D eigenvalue weighted by atomic mass is 16.2. The normalized spacial score (nSPS) is 28.7. The lowest BCUT2D eigenvalue weighted by Crippen LogP contribution is -2.61. The molecule has 2 saturated heterocycles. The summed E-state index contributed by atoms with van der Waals surface area (Å²) < 4.78 is 0. The minimum absolute atomic E-state index is 0.0197. The molecule has 2 aliphatic rings. The molecule has 2 fully saturated rings. The molecule has 19 heavy (non-hydrogen) atoms. The summed E-state index contributed by atoms with van der Waals surface area (Å²) in [7, 11) is 0. The summed E-state index contributed by atoms with van der Waals surface area (Å²) in [5.74, 6) is 0.408. The van der Waals surface area contributed by atoms with Crippen LogP contribution in [0.15, 0.2) is 0 Å². The molecule has 0 aliphatic carbocycles. The van der Waals surface area contributed by atoms with Gasteiger partial charge in [-0.3, -0.25) is 9.69 Å². The predicted molar refractivity (Wildman–Crippen MR) is 78.1 cm³/mol. The minimum atomic E-state index is 0.0197. The van der Waals surface area contributed by atoms with Crippen molar-refractivity contribution in [3.63, 3.8) is 0 Å². The van der Waals surface area contributed by atoms with Gasteiger partial charge in [0.25, 0.3) is 0 Å². The monoisotopic (exact) mass is 267 g/mol. The highest BCUT2D eigenvalue weighted by molar-refractivity contribution is 5.79. The summed E-state index contributed by atoms with van der Waals surface area (Å²) >= 11 is 0. The van der Waals surface area contributed by atoms with E-state index in [1.165, 1.54) is 6.42 Å². The molecular weight excluding hydrogens is 238 g/mol. The Bertz CT molecular complexity index is 321. The SMILES string of the molecule is CC(C)C(=O)N1CC(N2CCNCC2)CCC1(C)C. The van der Waals surface area contributed by atoms with E-state index in [2.05, 4.69) is 29.0 Å². The zero-order valence-electron chi connectivity index (χ0n) is 12.9. The molecule has 4 heteroatoms. The van der Waals surface area contributed by atoms with E-state index in [9.17, 15) is 4.79 Å². The molecule has 0 aromatic rings. The smallest absolute Gasteiger partial charge is 0.225 e. The van der Waals surface area contributed by atoms with Crippen LogP contribution >= 0.6 is 0 Å². The maximum atomic E-state index is 12.4. The van der Waals surface area contributed by atoms with Gasteiger partial charge >= 0.3 is 0 Å². The van der Waals surface area contributed by atoms with Crippen LogP contribution in [0, 0.1) is 5.92 Å². The van der Waals surface area contributed by atoms with E-state index in [0.717, 1.165) is 39.1 Å². The van der Waals surface area contributed by atoms with Crippen LogP contribution in [0.25, 0.3) is 0 Å². The van der Waals surface area contributed by atoms with E-state index < -0.39 is 0 Å². The average Bonchev–Trinajstić information content (AvgIpc) is 2.38. The van der Waals surface area contributed by atoms with Crippen molar-refractivity contribution in [3.05, 3.63) is 0 Å². The van der Waals surface area contributed by atoms with Crippen molar-refractivity contribution >= 4 is 5.91 Å². The number of likely N-dealkylation sites (tertiary alicyclic amines) is 1. The van der Waals surface area contributed by atoms with Gasteiger partial charge in [-0.15, -0.1) is 0 Å². The van der Waals surface area contributed by atoms with Gasteiger partial charge in [-0.25, -0.2) is 0 Å². The lowest BCUT2D eigenvalue weighted by molar-refractivity contribution is -0.144. The molecule has 1 unspecified atom stereocenters. The molecule has 0 spiro atoms. The van der Waals surface area contributed by atoms with Crippen LogP contribution in [0.5, 0.6) is 0 Å². The van der Waals surface area contributed by atoms with Gasteiger partial charge in [0.1, 0.15) is 0 Å². The van der Waals surface area contributed by atoms with Gasteiger partial charge in [0.05, 0.1) is 0 Å². The predicted octanol–water partition coefficient (Wildman–Crippen LogP) is 1.32. The Hall–Kier alpha value is -0.610. The number of rotatable bonds is 2. The van der Waals surface area contributed by atoms with E-state index >= 15 is 0 Å². The Morgan fingerprint density at radius 1 is 1.26 bits per heavy atom. The molecule has 0 radical (unpaired) electrons. The molecule has 0 saturated carbocycles. The van der Waals surface area contributed by atoms with Crippen LogP contribution in [-0.2, 0) is 4.79 Å². The van der Waals surface area contributed by atoms with Crippen molar-refractivity contribution in [1.82, 2.24) is 15.1 Å². The van der Waals surface area contributed by atoms with Crippen LogP contribution in [0.4, 0.5) is 0 Å². The number of amides is 1. The molecule has 1 N–H and O–H groups in total. The van der Waals surface area contributed by atoms with Crippen molar-refractivity contribution in [3.8, 4) is 0 Å². The third-order valence-electron chi connectivity index (χ3n) is 4.64. The molecule has 0 aromatic heterocycles. The van der Waals surface area contributed by atoms with Crippen LogP contribution < -0.4 is 5.32 Å². The number of hydrogen-bond donors (Lipinski definition) is 1. The summed E-state index contributed by atoms with van der Waals surface area (Å²) in [5, 5.41) is 3.40. The number of nitrogens with zero attached hydrogens (tertiary/aromatic N) is 2. The summed E-state index contributed by atoms with van der Waals surface area (Å²) in [6, 6.07) is 0.554. The lowest BCUT2D eigenvalue weighted by atomic mass is 9.86. The molecule has 2 rings (SSSR count). The molecule has 2 heterocycles. The number of piperazine rings is 1. The van der Waals surface area contributed by atoms with Crippen molar-refractivity contribution < 1.29 is 4.79 Å². The molecule has 0 bridgehead atoms. The fraction of sp³-hybridized carbons (Fsp3) is 0.933. The van der Waals surface area contributed by atoms with Crippen LogP contribution in [-0.4, -0.2) is 60.0 Å². The second-order valence-electron chi connectivity index (χ2n) is 6.89. The van der Waals surface area contributed by atoms with E-state index in [4.69, 9.17) is 0 Å². The van der Waals surface area contributed by atoms with Gasteiger partial charge in [-0.1, -0.05) is 13.8 Å². The topological polar surface area (TPSA) is 35.6 Å². The fourth-order valence-electron chi connectivity index (χ4n) is 3.25. The summed E-state index contributed by atoms with van der Waals surface area (Å²) in [5.41, 5.74) is 0.0197. The van der Waals surface area contributed by atoms with Gasteiger partial charge in [0, 0.05) is 50.2 Å². The first-order valence-corrected chi connectivity index (χ1v) is 7.68. The first-order valence-electron chi connectivity index (χ1n) is 7.68. The Morgan fingerprint density at radius 2 is 1.89 bits per heavy atom. The summed E-state index contributed by atoms with van der Waals surface area (Å²) in [4.78, 5) is 17.1. The number of piperidine rings is 1. The van der Waals surface area contributed by atoms with Crippen LogP contribution in [0.2, 0.25) is 0 Å². The van der Waals surface area contributed by atoms with Crippen molar-refractivity contribution in [2.45, 2.75) is 52.1 Å². The Labute approximate surface area is 117 Å². The van der Waals surface area contributed by atoms with Gasteiger partial charge in [0.15, 0.2) is 0 Å². The van der Waals surface area contributed by atoms with E-state index in [0.29, 0.717) is 11.9 Å². The number of hydrogen-bond acceptors (Lipinski definition) is 3.